The Bertz CT molecular complexity index is 687. The van der Waals surface area contributed by atoms with Crippen molar-refractivity contribution in [1.29, 1.82) is 0 Å². The fourth-order valence-electron chi connectivity index (χ4n) is 2.73. The summed E-state index contributed by atoms with van der Waals surface area (Å²) in [6, 6.07) is 8.18. The van der Waals surface area contributed by atoms with E-state index in [4.69, 9.17) is 17.0 Å². The van der Waals surface area contributed by atoms with Crippen LogP contribution in [0.5, 0.6) is 5.75 Å². The summed E-state index contributed by atoms with van der Waals surface area (Å²) in [5.41, 5.74) is 1.17. The van der Waals surface area contributed by atoms with Gasteiger partial charge in [-0.1, -0.05) is 12.1 Å². The maximum atomic E-state index is 5.45. The quantitative estimate of drug-likeness (QED) is 0.803. The average molecular weight is 319 g/mol. The predicted octanol–water partition coefficient (Wildman–Crippen LogP) is 1.74. The maximum Gasteiger partial charge on any atom is 0.198 e. The number of hydrogen-bond acceptors (Lipinski definition) is 5. The summed E-state index contributed by atoms with van der Waals surface area (Å²) in [5.74, 6) is 0.933. The van der Waals surface area contributed by atoms with E-state index in [-0.39, 0.29) is 0 Å². The van der Waals surface area contributed by atoms with E-state index >= 15 is 0 Å². The summed E-state index contributed by atoms with van der Waals surface area (Å²) in [6.07, 6.45) is 1.76. The topological polar surface area (TPSA) is 38.5 Å². The van der Waals surface area contributed by atoms with Gasteiger partial charge < -0.3 is 14.2 Å². The van der Waals surface area contributed by atoms with Crippen LogP contribution in [-0.2, 0) is 13.7 Å². The Hall–Kier alpha value is -1.86. The molecular weight excluding hydrogens is 298 g/mol. The molecule has 1 aromatic carbocycles. The number of anilines is 1. The molecule has 0 unspecified atom stereocenters. The zero-order chi connectivity index (χ0) is 15.5. The molecule has 2 heterocycles. The molecule has 3 rings (SSSR count). The van der Waals surface area contributed by atoms with Crippen molar-refractivity contribution in [2.75, 3.05) is 38.2 Å². The monoisotopic (exact) mass is 319 g/mol. The second-order valence-corrected chi connectivity index (χ2v) is 5.81. The molecule has 0 bridgehead atoms. The first kappa shape index (κ1) is 15.1. The minimum Gasteiger partial charge on any atom is -0.495 e. The lowest BCUT2D eigenvalue weighted by Crippen LogP contribution is -2.47. The van der Waals surface area contributed by atoms with Gasteiger partial charge in [0.1, 0.15) is 12.1 Å². The van der Waals surface area contributed by atoms with Gasteiger partial charge in [-0.3, -0.25) is 4.90 Å². The molecule has 0 spiro atoms. The zero-order valence-corrected chi connectivity index (χ0v) is 13.8. The Labute approximate surface area is 135 Å². The van der Waals surface area contributed by atoms with Gasteiger partial charge in [0.15, 0.2) is 4.77 Å². The molecule has 1 aliphatic heterocycles. The van der Waals surface area contributed by atoms with Crippen LogP contribution < -0.4 is 9.64 Å². The Balaban J connectivity index is 1.63. The Morgan fingerprint density at radius 1 is 1.18 bits per heavy atom. The molecule has 0 radical (unpaired) electrons. The van der Waals surface area contributed by atoms with Crippen molar-refractivity contribution in [1.82, 2.24) is 19.2 Å². The van der Waals surface area contributed by atoms with Crippen LogP contribution in [0.2, 0.25) is 0 Å². The second-order valence-electron chi connectivity index (χ2n) is 5.44. The molecule has 1 saturated heterocycles. The normalized spacial score (nSPS) is 16.0. The van der Waals surface area contributed by atoms with Crippen LogP contribution in [0.1, 0.15) is 0 Å². The van der Waals surface area contributed by atoms with Crippen molar-refractivity contribution in [3.63, 3.8) is 0 Å². The number of piperazine rings is 1. The van der Waals surface area contributed by atoms with E-state index in [0.29, 0.717) is 0 Å². The highest BCUT2D eigenvalue weighted by Crippen LogP contribution is 2.28. The molecule has 6 nitrogen and oxygen atoms in total. The maximum absolute atomic E-state index is 5.45. The largest absolute Gasteiger partial charge is 0.495 e. The van der Waals surface area contributed by atoms with E-state index in [1.54, 1.807) is 13.4 Å². The number of para-hydroxylation sites is 2. The lowest BCUT2D eigenvalue weighted by Gasteiger charge is -2.36. The summed E-state index contributed by atoms with van der Waals surface area (Å²) in [4.78, 5) is 4.74. The molecular formula is C15H21N5OS. The molecule has 0 atom stereocenters. The summed E-state index contributed by atoms with van der Waals surface area (Å²) in [6.45, 7) is 4.66. The van der Waals surface area contributed by atoms with Crippen LogP contribution in [0, 0.1) is 4.77 Å². The summed E-state index contributed by atoms with van der Waals surface area (Å²) in [5, 5.41) is 4.31. The molecule has 1 fully saturated rings. The van der Waals surface area contributed by atoms with Crippen molar-refractivity contribution < 1.29 is 4.74 Å². The number of benzene rings is 1. The first-order valence-corrected chi connectivity index (χ1v) is 7.78. The van der Waals surface area contributed by atoms with Gasteiger partial charge in [-0.2, -0.15) is 5.10 Å². The first-order valence-electron chi connectivity index (χ1n) is 7.38. The molecule has 22 heavy (non-hydrogen) atoms. The number of nitrogens with zero attached hydrogens (tertiary/aromatic N) is 5. The van der Waals surface area contributed by atoms with E-state index in [1.807, 2.05) is 28.4 Å². The molecule has 118 valence electrons. The average Bonchev–Trinajstić information content (AvgIpc) is 2.87. The summed E-state index contributed by atoms with van der Waals surface area (Å²) >= 11 is 5.34. The minimum absolute atomic E-state index is 0.749. The van der Waals surface area contributed by atoms with Gasteiger partial charge in [0, 0.05) is 33.2 Å². The lowest BCUT2D eigenvalue weighted by molar-refractivity contribution is 0.194. The van der Waals surface area contributed by atoms with Crippen LogP contribution in [0.3, 0.4) is 0 Å². The van der Waals surface area contributed by atoms with Crippen LogP contribution in [0.25, 0.3) is 0 Å². The van der Waals surface area contributed by atoms with Crippen molar-refractivity contribution in [2.24, 2.45) is 7.05 Å². The fraction of sp³-hybridized carbons (Fsp3) is 0.467. The minimum atomic E-state index is 0.749. The zero-order valence-electron chi connectivity index (χ0n) is 13.0. The molecule has 0 saturated carbocycles. The molecule has 0 N–H and O–H groups in total. The number of hydrogen-bond donors (Lipinski definition) is 0. The second kappa shape index (κ2) is 6.50. The van der Waals surface area contributed by atoms with Crippen molar-refractivity contribution in [2.45, 2.75) is 6.67 Å². The number of methoxy groups -OCH3 is 1. The number of rotatable bonds is 4. The molecule has 1 aliphatic rings. The fourth-order valence-corrected chi connectivity index (χ4v) is 2.88. The van der Waals surface area contributed by atoms with E-state index in [1.165, 1.54) is 5.69 Å². The number of aryl methyl sites for hydroxylation is 1. The van der Waals surface area contributed by atoms with Crippen molar-refractivity contribution in [3.05, 3.63) is 35.4 Å². The third-order valence-electron chi connectivity index (χ3n) is 4.02. The van der Waals surface area contributed by atoms with Crippen molar-refractivity contribution >= 4 is 17.9 Å². The highest BCUT2D eigenvalue weighted by molar-refractivity contribution is 7.71. The lowest BCUT2D eigenvalue weighted by atomic mass is 10.2. The first-order chi connectivity index (χ1) is 10.7. The third kappa shape index (κ3) is 3.00. The molecule has 0 amide bonds. The van der Waals surface area contributed by atoms with Crippen LogP contribution in [0.15, 0.2) is 30.6 Å². The van der Waals surface area contributed by atoms with Gasteiger partial charge >= 0.3 is 0 Å². The van der Waals surface area contributed by atoms with Gasteiger partial charge in [-0.25, -0.2) is 4.68 Å². The SMILES string of the molecule is COc1ccccc1N1CCN(Cn2ncn(C)c2=S)CC1. The summed E-state index contributed by atoms with van der Waals surface area (Å²) in [7, 11) is 3.64. The highest BCUT2D eigenvalue weighted by atomic mass is 32.1. The Kier molecular flexibility index (Phi) is 4.44. The standard InChI is InChI=1S/C15H21N5OS/c1-17-11-16-20(15(17)22)12-18-7-9-19(10-8-18)13-5-3-4-6-14(13)21-2/h3-6,11H,7-10,12H2,1-2H3. The van der Waals surface area contributed by atoms with Crippen molar-refractivity contribution in [3.8, 4) is 5.75 Å². The van der Waals surface area contributed by atoms with Crippen LogP contribution >= 0.6 is 12.2 Å². The van der Waals surface area contributed by atoms with Gasteiger partial charge in [-0.15, -0.1) is 0 Å². The summed E-state index contributed by atoms with van der Waals surface area (Å²) < 4.78 is 9.94. The molecule has 7 heteroatoms. The van der Waals surface area contributed by atoms with Gasteiger partial charge in [0.2, 0.25) is 0 Å². The van der Waals surface area contributed by atoms with Crippen LogP contribution in [0.4, 0.5) is 5.69 Å². The van der Waals surface area contributed by atoms with E-state index in [0.717, 1.165) is 43.4 Å². The van der Waals surface area contributed by atoms with Gasteiger partial charge in [0.05, 0.1) is 19.5 Å². The van der Waals surface area contributed by atoms with E-state index in [2.05, 4.69) is 27.0 Å². The number of aromatic nitrogens is 3. The third-order valence-corrected chi connectivity index (χ3v) is 4.52. The van der Waals surface area contributed by atoms with Crippen LogP contribution in [-0.4, -0.2) is 52.5 Å². The molecule has 0 aliphatic carbocycles. The molecule has 1 aromatic heterocycles. The predicted molar refractivity (Wildman–Crippen MR) is 88.8 cm³/mol. The molecule has 2 aromatic rings. The Morgan fingerprint density at radius 2 is 1.91 bits per heavy atom. The van der Waals surface area contributed by atoms with E-state index < -0.39 is 0 Å². The van der Waals surface area contributed by atoms with E-state index in [9.17, 15) is 0 Å². The number of ether oxygens (including phenoxy) is 1. The smallest absolute Gasteiger partial charge is 0.198 e. The highest BCUT2D eigenvalue weighted by Gasteiger charge is 2.20. The van der Waals surface area contributed by atoms with Gasteiger partial charge in [0.25, 0.3) is 0 Å². The van der Waals surface area contributed by atoms with Gasteiger partial charge in [-0.05, 0) is 24.4 Å². The Morgan fingerprint density at radius 3 is 2.55 bits per heavy atom.